The molecule has 12 rings (SSSR count). The highest BCUT2D eigenvalue weighted by Gasteiger charge is 2.21. The quantitative estimate of drug-likeness (QED) is 0.174. The molecule has 0 unspecified atom stereocenters. The van der Waals surface area contributed by atoms with Gasteiger partial charge in [0, 0.05) is 49.1 Å². The standard InChI is InChI=1S/C52H33N3/c1-2-15-37(16-3-1)53-46-21-9-7-19-41(46)44-33-36(27-31-49(44)53)34-25-28-38(29-26-34)54-47-22-10-6-18-40(47)42-30-32-50-51(52(42)54)43-20-8-11-23-48(43)55(50)45-24-12-14-35-13-4-5-17-39(35)45/h1-33H. The first-order valence-electron chi connectivity index (χ1n) is 18.9. The van der Waals surface area contributed by atoms with Gasteiger partial charge >= 0.3 is 0 Å². The number of fused-ring (bicyclic) bond motifs is 11. The number of rotatable bonds is 4. The summed E-state index contributed by atoms with van der Waals surface area (Å²) >= 11 is 0. The van der Waals surface area contributed by atoms with E-state index in [0.717, 1.165) is 5.69 Å². The van der Waals surface area contributed by atoms with Crippen LogP contribution in [0, 0.1) is 0 Å². The zero-order valence-corrected chi connectivity index (χ0v) is 29.9. The Morgan fingerprint density at radius 1 is 0.273 bits per heavy atom. The van der Waals surface area contributed by atoms with E-state index in [4.69, 9.17) is 0 Å². The molecular weight excluding hydrogens is 667 g/mol. The Kier molecular flexibility index (Phi) is 6.34. The Labute approximate surface area is 317 Å². The molecule has 55 heavy (non-hydrogen) atoms. The van der Waals surface area contributed by atoms with E-state index in [2.05, 4.69) is 214 Å². The number of hydrogen-bond donors (Lipinski definition) is 0. The molecule has 0 atom stereocenters. The molecule has 3 heteroatoms. The van der Waals surface area contributed by atoms with Crippen molar-refractivity contribution in [1.82, 2.24) is 13.7 Å². The molecule has 0 saturated carbocycles. The van der Waals surface area contributed by atoms with Crippen molar-refractivity contribution in [3.63, 3.8) is 0 Å². The predicted octanol–water partition coefficient (Wildman–Crippen LogP) is 13.8. The molecule has 0 aliphatic heterocycles. The fraction of sp³-hybridized carbons (Fsp3) is 0. The van der Waals surface area contributed by atoms with Gasteiger partial charge in [-0.25, -0.2) is 0 Å². The third-order valence-corrected chi connectivity index (χ3v) is 11.6. The maximum Gasteiger partial charge on any atom is 0.0641 e. The molecule has 0 saturated heterocycles. The minimum absolute atomic E-state index is 1.14. The van der Waals surface area contributed by atoms with Crippen molar-refractivity contribution in [2.24, 2.45) is 0 Å². The Hall–Kier alpha value is -7.36. The molecule has 9 aromatic carbocycles. The Morgan fingerprint density at radius 3 is 1.60 bits per heavy atom. The summed E-state index contributed by atoms with van der Waals surface area (Å²) in [6.45, 7) is 0. The van der Waals surface area contributed by atoms with Crippen LogP contribution in [0.15, 0.2) is 200 Å². The summed E-state index contributed by atoms with van der Waals surface area (Å²) in [6, 6.07) is 73.1. The summed E-state index contributed by atoms with van der Waals surface area (Å²) in [4.78, 5) is 0. The van der Waals surface area contributed by atoms with E-state index in [1.165, 1.54) is 98.7 Å². The Bertz CT molecular complexity index is 3460. The third kappa shape index (κ3) is 4.32. The first-order chi connectivity index (χ1) is 27.3. The highest BCUT2D eigenvalue weighted by molar-refractivity contribution is 6.26. The first kappa shape index (κ1) is 30.1. The van der Waals surface area contributed by atoms with Gasteiger partial charge in [-0.3, -0.25) is 0 Å². The number of nitrogens with zero attached hydrogens (tertiary/aromatic N) is 3. The van der Waals surface area contributed by atoms with E-state index >= 15 is 0 Å². The zero-order chi connectivity index (χ0) is 36.0. The largest absolute Gasteiger partial charge is 0.309 e. The fourth-order valence-electron chi connectivity index (χ4n) is 9.25. The average molecular weight is 700 g/mol. The van der Waals surface area contributed by atoms with Crippen LogP contribution in [0.5, 0.6) is 0 Å². The first-order valence-corrected chi connectivity index (χ1v) is 18.9. The van der Waals surface area contributed by atoms with E-state index in [9.17, 15) is 0 Å². The van der Waals surface area contributed by atoms with Gasteiger partial charge in [0.1, 0.15) is 0 Å². The van der Waals surface area contributed by atoms with Gasteiger partial charge in [0.15, 0.2) is 0 Å². The molecule has 256 valence electrons. The Morgan fingerprint density at radius 2 is 0.818 bits per heavy atom. The maximum absolute atomic E-state index is 2.48. The van der Waals surface area contributed by atoms with Gasteiger partial charge in [-0.1, -0.05) is 133 Å². The van der Waals surface area contributed by atoms with Crippen molar-refractivity contribution in [1.29, 1.82) is 0 Å². The van der Waals surface area contributed by atoms with Gasteiger partial charge in [0.2, 0.25) is 0 Å². The molecule has 0 spiro atoms. The van der Waals surface area contributed by atoms with E-state index < -0.39 is 0 Å². The second kappa shape index (κ2) is 11.6. The molecule has 0 N–H and O–H groups in total. The monoisotopic (exact) mass is 699 g/mol. The van der Waals surface area contributed by atoms with Gasteiger partial charge in [-0.05, 0) is 83.2 Å². The van der Waals surface area contributed by atoms with Crippen molar-refractivity contribution in [3.8, 4) is 28.2 Å². The predicted molar refractivity (Wildman–Crippen MR) is 232 cm³/mol. The number of aromatic nitrogens is 3. The summed E-state index contributed by atoms with van der Waals surface area (Å²) in [5, 5.41) is 10.0. The maximum atomic E-state index is 2.48. The van der Waals surface area contributed by atoms with Gasteiger partial charge in [0.25, 0.3) is 0 Å². The molecule has 0 aliphatic rings. The number of hydrogen-bond acceptors (Lipinski definition) is 0. The average Bonchev–Trinajstić information content (AvgIpc) is 3.89. The molecule has 12 aromatic rings. The highest BCUT2D eigenvalue weighted by Crippen LogP contribution is 2.43. The lowest BCUT2D eigenvalue weighted by Gasteiger charge is -2.12. The van der Waals surface area contributed by atoms with Gasteiger partial charge in [-0.2, -0.15) is 0 Å². The zero-order valence-electron chi connectivity index (χ0n) is 29.9. The fourth-order valence-corrected chi connectivity index (χ4v) is 9.25. The van der Waals surface area contributed by atoms with Crippen LogP contribution in [0.2, 0.25) is 0 Å². The van der Waals surface area contributed by atoms with Gasteiger partial charge in [0.05, 0.1) is 38.8 Å². The van der Waals surface area contributed by atoms with Gasteiger partial charge < -0.3 is 13.7 Å². The van der Waals surface area contributed by atoms with Crippen LogP contribution in [0.4, 0.5) is 0 Å². The van der Waals surface area contributed by atoms with E-state index in [1.54, 1.807) is 0 Å². The molecule has 0 amide bonds. The summed E-state index contributed by atoms with van der Waals surface area (Å²) in [5.74, 6) is 0. The van der Waals surface area contributed by atoms with Gasteiger partial charge in [-0.15, -0.1) is 0 Å². The van der Waals surface area contributed by atoms with Crippen LogP contribution in [0.1, 0.15) is 0 Å². The SMILES string of the molecule is c1ccc(-n2c3ccccc3c3cc(-c4ccc(-n5c6ccccc6c6ccc7c(c8ccccc8n7-c7cccc8ccccc78)c65)cc4)ccc32)cc1. The highest BCUT2D eigenvalue weighted by atomic mass is 15.0. The lowest BCUT2D eigenvalue weighted by atomic mass is 10.0. The normalized spacial score (nSPS) is 12.0. The van der Waals surface area contributed by atoms with Crippen LogP contribution < -0.4 is 0 Å². The number of benzene rings is 9. The third-order valence-electron chi connectivity index (χ3n) is 11.6. The second-order valence-corrected chi connectivity index (χ2v) is 14.5. The molecule has 3 aromatic heterocycles. The minimum atomic E-state index is 1.14. The van der Waals surface area contributed by atoms with Crippen molar-refractivity contribution in [2.45, 2.75) is 0 Å². The summed E-state index contributed by atoms with van der Waals surface area (Å²) < 4.78 is 7.31. The Balaban J connectivity index is 1.07. The molecule has 0 bridgehead atoms. The molecule has 3 nitrogen and oxygen atoms in total. The van der Waals surface area contributed by atoms with Crippen LogP contribution in [0.25, 0.3) is 104 Å². The van der Waals surface area contributed by atoms with Crippen molar-refractivity contribution in [2.75, 3.05) is 0 Å². The lowest BCUT2D eigenvalue weighted by Crippen LogP contribution is -1.96. The van der Waals surface area contributed by atoms with Crippen molar-refractivity contribution in [3.05, 3.63) is 200 Å². The van der Waals surface area contributed by atoms with Crippen LogP contribution in [-0.2, 0) is 0 Å². The molecular formula is C52H33N3. The van der Waals surface area contributed by atoms with Crippen LogP contribution in [-0.4, -0.2) is 13.7 Å². The van der Waals surface area contributed by atoms with E-state index in [1.807, 2.05) is 0 Å². The van der Waals surface area contributed by atoms with Crippen LogP contribution >= 0.6 is 0 Å². The molecule has 0 radical (unpaired) electrons. The van der Waals surface area contributed by atoms with Crippen LogP contribution in [0.3, 0.4) is 0 Å². The van der Waals surface area contributed by atoms with E-state index in [-0.39, 0.29) is 0 Å². The summed E-state index contributed by atoms with van der Waals surface area (Å²) in [6.07, 6.45) is 0. The minimum Gasteiger partial charge on any atom is -0.309 e. The number of para-hydroxylation sites is 4. The molecule has 3 heterocycles. The van der Waals surface area contributed by atoms with Crippen molar-refractivity contribution >= 4 is 76.2 Å². The topological polar surface area (TPSA) is 14.8 Å². The molecule has 0 aliphatic carbocycles. The second-order valence-electron chi connectivity index (χ2n) is 14.5. The molecule has 0 fully saturated rings. The van der Waals surface area contributed by atoms with E-state index in [0.29, 0.717) is 0 Å². The van der Waals surface area contributed by atoms with Crippen molar-refractivity contribution < 1.29 is 0 Å². The lowest BCUT2D eigenvalue weighted by molar-refractivity contribution is 1.18. The summed E-state index contributed by atoms with van der Waals surface area (Å²) in [7, 11) is 0. The summed E-state index contributed by atoms with van der Waals surface area (Å²) in [5.41, 5.74) is 13.2. The smallest absolute Gasteiger partial charge is 0.0641 e.